The number of aromatic nitrogens is 3. The zero-order valence-corrected chi connectivity index (χ0v) is 12.7. The molecule has 22 heavy (non-hydrogen) atoms. The summed E-state index contributed by atoms with van der Waals surface area (Å²) in [5.74, 6) is 0.0324. The molecule has 0 N–H and O–H groups in total. The zero-order valence-electron chi connectivity index (χ0n) is 12.7. The highest BCUT2D eigenvalue weighted by molar-refractivity contribution is 5.93. The summed E-state index contributed by atoms with van der Waals surface area (Å²) in [6, 6.07) is 4.12. The maximum atomic E-state index is 12.6. The van der Waals surface area contributed by atoms with Gasteiger partial charge in [-0.2, -0.15) is 5.10 Å². The predicted octanol–water partition coefficient (Wildman–Crippen LogP) is 1.43. The van der Waals surface area contributed by atoms with Crippen LogP contribution in [0.2, 0.25) is 0 Å². The lowest BCUT2D eigenvalue weighted by molar-refractivity contribution is 0.0765. The number of piperidine rings is 1. The van der Waals surface area contributed by atoms with E-state index in [9.17, 15) is 4.79 Å². The van der Waals surface area contributed by atoms with Gasteiger partial charge in [0, 0.05) is 37.6 Å². The summed E-state index contributed by atoms with van der Waals surface area (Å²) < 4.78 is 1.66. The molecule has 2 aromatic rings. The molecular weight excluding hydrogens is 278 g/mol. The standard InChI is InChI=1S/C16H21N5O/c22-16(14-11-15-17-6-4-9-21(15)18-14)20-10-5-13(12-20)19-7-2-1-3-8-19/h4,6,9,11,13H,1-3,5,7-8,10,12H2. The maximum Gasteiger partial charge on any atom is 0.274 e. The van der Waals surface area contributed by atoms with E-state index in [2.05, 4.69) is 15.0 Å². The lowest BCUT2D eigenvalue weighted by Crippen LogP contribution is -2.41. The highest BCUT2D eigenvalue weighted by Gasteiger charge is 2.32. The van der Waals surface area contributed by atoms with Gasteiger partial charge in [-0.15, -0.1) is 0 Å². The van der Waals surface area contributed by atoms with Crippen molar-refractivity contribution in [2.75, 3.05) is 26.2 Å². The van der Waals surface area contributed by atoms with Crippen molar-refractivity contribution < 1.29 is 4.79 Å². The smallest absolute Gasteiger partial charge is 0.274 e. The Morgan fingerprint density at radius 3 is 2.86 bits per heavy atom. The van der Waals surface area contributed by atoms with E-state index in [1.807, 2.05) is 17.2 Å². The van der Waals surface area contributed by atoms with Gasteiger partial charge in [0.25, 0.3) is 5.91 Å². The first kappa shape index (κ1) is 13.7. The van der Waals surface area contributed by atoms with Crippen molar-refractivity contribution >= 4 is 11.6 Å². The second-order valence-corrected chi connectivity index (χ2v) is 6.24. The summed E-state index contributed by atoms with van der Waals surface area (Å²) >= 11 is 0. The summed E-state index contributed by atoms with van der Waals surface area (Å²) in [6.07, 6.45) is 8.55. The molecule has 2 aromatic heterocycles. The van der Waals surface area contributed by atoms with E-state index in [0.29, 0.717) is 11.7 Å². The van der Waals surface area contributed by atoms with Gasteiger partial charge in [-0.1, -0.05) is 6.42 Å². The van der Waals surface area contributed by atoms with Gasteiger partial charge in [-0.25, -0.2) is 9.50 Å². The molecule has 116 valence electrons. The van der Waals surface area contributed by atoms with E-state index in [1.165, 1.54) is 32.4 Å². The first-order chi connectivity index (χ1) is 10.8. The summed E-state index contributed by atoms with van der Waals surface area (Å²) in [4.78, 5) is 21.4. The van der Waals surface area contributed by atoms with Crippen molar-refractivity contribution in [1.82, 2.24) is 24.4 Å². The van der Waals surface area contributed by atoms with Crippen LogP contribution in [0.25, 0.3) is 5.65 Å². The van der Waals surface area contributed by atoms with Crippen LogP contribution in [0.3, 0.4) is 0 Å². The molecule has 2 aliphatic rings. The topological polar surface area (TPSA) is 53.7 Å². The number of hydrogen-bond acceptors (Lipinski definition) is 4. The minimum atomic E-state index is 0.0324. The second-order valence-electron chi connectivity index (χ2n) is 6.24. The Kier molecular flexibility index (Phi) is 3.54. The molecule has 0 spiro atoms. The molecule has 1 amide bonds. The average molecular weight is 299 g/mol. The molecule has 0 bridgehead atoms. The Morgan fingerprint density at radius 1 is 1.18 bits per heavy atom. The van der Waals surface area contributed by atoms with Crippen LogP contribution in [0.15, 0.2) is 24.5 Å². The number of nitrogens with zero attached hydrogens (tertiary/aromatic N) is 5. The molecule has 1 unspecified atom stereocenters. The normalized spacial score (nSPS) is 23.3. The number of carbonyl (C=O) groups excluding carboxylic acids is 1. The Balaban J connectivity index is 1.46. The van der Waals surface area contributed by atoms with Crippen LogP contribution in [0.4, 0.5) is 0 Å². The monoisotopic (exact) mass is 299 g/mol. The van der Waals surface area contributed by atoms with E-state index in [4.69, 9.17) is 0 Å². The zero-order chi connectivity index (χ0) is 14.9. The van der Waals surface area contributed by atoms with E-state index < -0.39 is 0 Å². The van der Waals surface area contributed by atoms with Crippen LogP contribution in [0.1, 0.15) is 36.2 Å². The minimum Gasteiger partial charge on any atom is -0.336 e. The number of hydrogen-bond donors (Lipinski definition) is 0. The van der Waals surface area contributed by atoms with Gasteiger partial charge in [-0.3, -0.25) is 9.69 Å². The van der Waals surface area contributed by atoms with Gasteiger partial charge in [0.15, 0.2) is 11.3 Å². The molecule has 6 heteroatoms. The third-order valence-corrected chi connectivity index (χ3v) is 4.81. The number of rotatable bonds is 2. The lowest BCUT2D eigenvalue weighted by Gasteiger charge is -2.32. The summed E-state index contributed by atoms with van der Waals surface area (Å²) in [6.45, 7) is 4.04. The molecule has 0 radical (unpaired) electrons. The van der Waals surface area contributed by atoms with Crippen molar-refractivity contribution in [1.29, 1.82) is 0 Å². The first-order valence-corrected chi connectivity index (χ1v) is 8.15. The quantitative estimate of drug-likeness (QED) is 0.842. The van der Waals surface area contributed by atoms with Crippen LogP contribution in [-0.4, -0.2) is 62.5 Å². The van der Waals surface area contributed by atoms with Crippen molar-refractivity contribution in [3.63, 3.8) is 0 Å². The molecule has 6 nitrogen and oxygen atoms in total. The number of likely N-dealkylation sites (tertiary alicyclic amines) is 2. The maximum absolute atomic E-state index is 12.6. The fourth-order valence-electron chi connectivity index (χ4n) is 3.60. The van der Waals surface area contributed by atoms with Gasteiger partial charge in [-0.05, 0) is 38.4 Å². The SMILES string of the molecule is O=C(c1cc2ncccn2n1)N1CCC(N2CCCCC2)C1. The summed E-state index contributed by atoms with van der Waals surface area (Å²) in [7, 11) is 0. The van der Waals surface area contributed by atoms with E-state index in [-0.39, 0.29) is 5.91 Å². The van der Waals surface area contributed by atoms with Gasteiger partial charge >= 0.3 is 0 Å². The molecule has 2 saturated heterocycles. The van der Waals surface area contributed by atoms with Crippen molar-refractivity contribution in [3.8, 4) is 0 Å². The first-order valence-electron chi connectivity index (χ1n) is 8.15. The summed E-state index contributed by atoms with van der Waals surface area (Å²) in [5.41, 5.74) is 1.22. The molecular formula is C16H21N5O. The number of fused-ring (bicyclic) bond motifs is 1. The van der Waals surface area contributed by atoms with E-state index in [0.717, 1.165) is 25.2 Å². The van der Waals surface area contributed by atoms with Crippen molar-refractivity contribution in [2.45, 2.75) is 31.7 Å². The Hall–Kier alpha value is -1.95. The van der Waals surface area contributed by atoms with Gasteiger partial charge < -0.3 is 4.90 Å². The van der Waals surface area contributed by atoms with E-state index in [1.54, 1.807) is 16.8 Å². The molecule has 2 aliphatic heterocycles. The molecule has 4 heterocycles. The second kappa shape index (κ2) is 5.68. The molecule has 2 fully saturated rings. The van der Waals surface area contributed by atoms with Gasteiger partial charge in [0.05, 0.1) is 0 Å². The fourth-order valence-corrected chi connectivity index (χ4v) is 3.60. The number of amides is 1. The minimum absolute atomic E-state index is 0.0324. The molecule has 0 saturated carbocycles. The van der Waals surface area contributed by atoms with Crippen LogP contribution in [0, 0.1) is 0 Å². The lowest BCUT2D eigenvalue weighted by atomic mass is 10.1. The molecule has 0 aromatic carbocycles. The van der Waals surface area contributed by atoms with Gasteiger partial charge in [0.1, 0.15) is 0 Å². The third kappa shape index (κ3) is 2.47. The summed E-state index contributed by atoms with van der Waals surface area (Å²) in [5, 5.41) is 4.34. The number of carbonyl (C=O) groups is 1. The Labute approximate surface area is 129 Å². The third-order valence-electron chi connectivity index (χ3n) is 4.81. The van der Waals surface area contributed by atoms with Crippen LogP contribution in [0.5, 0.6) is 0 Å². The van der Waals surface area contributed by atoms with Crippen molar-refractivity contribution in [2.24, 2.45) is 0 Å². The average Bonchev–Trinajstić information content (AvgIpc) is 3.22. The Bertz CT molecular complexity index is 643. The highest BCUT2D eigenvalue weighted by Crippen LogP contribution is 2.21. The molecule has 0 aliphatic carbocycles. The van der Waals surface area contributed by atoms with Gasteiger partial charge in [0.2, 0.25) is 0 Å². The largest absolute Gasteiger partial charge is 0.336 e. The highest BCUT2D eigenvalue weighted by atomic mass is 16.2. The Morgan fingerprint density at radius 2 is 2.05 bits per heavy atom. The van der Waals surface area contributed by atoms with Crippen LogP contribution < -0.4 is 0 Å². The van der Waals surface area contributed by atoms with Crippen LogP contribution >= 0.6 is 0 Å². The predicted molar refractivity (Wildman–Crippen MR) is 82.7 cm³/mol. The molecule has 1 atom stereocenters. The van der Waals surface area contributed by atoms with Crippen LogP contribution in [-0.2, 0) is 0 Å². The van der Waals surface area contributed by atoms with E-state index >= 15 is 0 Å². The fraction of sp³-hybridized carbons (Fsp3) is 0.562. The van der Waals surface area contributed by atoms with Crippen molar-refractivity contribution in [3.05, 3.63) is 30.2 Å². The molecule has 4 rings (SSSR count).